The van der Waals surface area contributed by atoms with Crippen LogP contribution in [0.4, 0.5) is 0 Å². The molecule has 0 spiro atoms. The van der Waals surface area contributed by atoms with Gasteiger partial charge in [-0.25, -0.2) is 0 Å². The molecule has 0 bridgehead atoms. The third-order valence-electron chi connectivity index (χ3n) is 5.64. The Morgan fingerprint density at radius 2 is 0.760 bits per heavy atom. The summed E-state index contributed by atoms with van der Waals surface area (Å²) in [5.74, 6) is 0. The maximum absolute atomic E-state index is 8.53. The van der Waals surface area contributed by atoms with Crippen LogP contribution in [0.25, 0.3) is 0 Å². The zero-order valence-corrected chi connectivity index (χ0v) is 31.4. The van der Waals surface area contributed by atoms with E-state index in [-0.39, 0.29) is 39.6 Å². The molecule has 0 saturated heterocycles. The Morgan fingerprint density at radius 1 is 0.340 bits per heavy atom. The summed E-state index contributed by atoms with van der Waals surface area (Å²) >= 11 is 0. The average molecular weight is 740 g/mol. The van der Waals surface area contributed by atoms with Gasteiger partial charge >= 0.3 is 0 Å². The quantitative estimate of drug-likeness (QED) is 0.0296. The van der Waals surface area contributed by atoms with Crippen molar-refractivity contribution in [2.75, 3.05) is 158 Å². The van der Waals surface area contributed by atoms with Crippen LogP contribution in [0.2, 0.25) is 0 Å². The Kier molecular flexibility index (Phi) is 90.3. The maximum atomic E-state index is 8.53. The molecule has 0 aliphatic heterocycles. The van der Waals surface area contributed by atoms with Crippen molar-refractivity contribution in [3.05, 3.63) is 0 Å². The van der Waals surface area contributed by atoms with Gasteiger partial charge < -0.3 is 90.2 Å². The molecule has 21 N–H and O–H groups in total. The van der Waals surface area contributed by atoms with Crippen molar-refractivity contribution in [3.8, 4) is 0 Å². The van der Waals surface area contributed by atoms with Crippen LogP contribution in [0.5, 0.6) is 0 Å². The second kappa shape index (κ2) is 73.7. The maximum Gasteiger partial charge on any atom is 0.0698 e. The van der Waals surface area contributed by atoms with Gasteiger partial charge in [0.15, 0.2) is 0 Å². The van der Waals surface area contributed by atoms with Gasteiger partial charge in [0.25, 0.3) is 0 Å². The third-order valence-corrected chi connectivity index (χ3v) is 5.64. The molecule has 0 aromatic rings. The van der Waals surface area contributed by atoms with E-state index in [4.69, 9.17) is 69.5 Å². The highest BCUT2D eigenvalue weighted by atomic mass is 16.5. The lowest BCUT2D eigenvalue weighted by atomic mass is 10.2. The normalized spacial score (nSPS) is 9.96. The van der Waals surface area contributed by atoms with E-state index in [2.05, 4.69) is 20.7 Å². The van der Waals surface area contributed by atoms with Gasteiger partial charge in [0.1, 0.15) is 0 Å². The molecule has 50 heavy (non-hydrogen) atoms. The van der Waals surface area contributed by atoms with Crippen LogP contribution in [0, 0.1) is 0 Å². The van der Waals surface area contributed by atoms with Crippen molar-refractivity contribution < 1.29 is 45.6 Å². The lowest BCUT2D eigenvalue weighted by Crippen LogP contribution is -2.34. The molecule has 0 unspecified atom stereocenters. The average Bonchev–Trinajstić information content (AvgIpc) is 3.12. The summed E-state index contributed by atoms with van der Waals surface area (Å²) < 4.78 is 4.63. The molecule has 0 rings (SSSR count). The number of hydrogen-bond donors (Lipinski definition) is 16. The Labute approximate surface area is 304 Å². The first kappa shape index (κ1) is 61.3. The Hall–Kier alpha value is -0.720. The molecule has 18 heteroatoms. The zero-order chi connectivity index (χ0) is 39.0. The highest BCUT2D eigenvalue weighted by Gasteiger charge is 1.99. The van der Waals surface area contributed by atoms with Crippen LogP contribution in [-0.4, -0.2) is 203 Å². The lowest BCUT2D eigenvalue weighted by Gasteiger charge is -2.18. The summed E-state index contributed by atoms with van der Waals surface area (Å²) in [6.07, 6.45) is 8.30. The fourth-order valence-electron chi connectivity index (χ4n) is 3.14. The monoisotopic (exact) mass is 740 g/mol. The molecule has 0 atom stereocenters. The largest absolute Gasteiger partial charge is 0.396 e. The summed E-state index contributed by atoms with van der Waals surface area (Å²) in [7, 11) is 0. The van der Waals surface area contributed by atoms with Crippen LogP contribution in [-0.2, 0) is 4.74 Å². The van der Waals surface area contributed by atoms with Crippen molar-refractivity contribution in [1.29, 1.82) is 0 Å². The summed E-state index contributed by atoms with van der Waals surface area (Å²) in [6.45, 7) is 12.4. The lowest BCUT2D eigenvalue weighted by molar-refractivity contribution is 0.0650. The molecule has 0 aromatic carbocycles. The minimum absolute atomic E-state index is 0.0278. The Balaban J connectivity index is -0.000000117. The van der Waals surface area contributed by atoms with E-state index in [9.17, 15) is 0 Å². The van der Waals surface area contributed by atoms with E-state index in [0.29, 0.717) is 72.2 Å². The topological polar surface area (TPSA) is 341 Å². The number of nitrogens with one attached hydrogen (secondary N) is 3. The minimum atomic E-state index is 0.0278. The van der Waals surface area contributed by atoms with Gasteiger partial charge in [-0.3, -0.25) is 4.90 Å². The first-order valence-electron chi connectivity index (χ1n) is 18.2. The van der Waals surface area contributed by atoms with Gasteiger partial charge in [-0.1, -0.05) is 12.8 Å². The molecule has 18 nitrogen and oxygen atoms in total. The van der Waals surface area contributed by atoms with Crippen molar-refractivity contribution in [2.24, 2.45) is 28.7 Å². The van der Waals surface area contributed by atoms with E-state index in [0.717, 1.165) is 97.2 Å². The molecule has 0 aromatic heterocycles. The SMILES string of the molecule is NCCCCCCO.NCCN(CCO)CCO.NCCNCCCCCO.NCCNCCCO.NCCNCCO.OCCOCCO. The highest BCUT2D eigenvalue weighted by molar-refractivity contribution is 4.55. The van der Waals surface area contributed by atoms with Crippen molar-refractivity contribution in [3.63, 3.8) is 0 Å². The zero-order valence-electron chi connectivity index (χ0n) is 31.4. The summed E-state index contributed by atoms with van der Waals surface area (Å²) in [6, 6.07) is 0. The number of nitrogens with zero attached hydrogens (tertiary/aromatic N) is 1. The number of aliphatic hydroxyl groups is 8. The molecule has 0 heterocycles. The molecule has 0 radical (unpaired) electrons. The van der Waals surface area contributed by atoms with Gasteiger partial charge in [-0.05, 0) is 58.2 Å². The number of hydrogen-bond acceptors (Lipinski definition) is 18. The molecule has 312 valence electrons. The third kappa shape index (κ3) is 91.4. The van der Waals surface area contributed by atoms with Crippen LogP contribution in [0.1, 0.15) is 51.4 Å². The van der Waals surface area contributed by atoms with Gasteiger partial charge in [-0.15, -0.1) is 0 Å². The van der Waals surface area contributed by atoms with E-state index in [1.165, 1.54) is 0 Å². The number of nitrogens with two attached hydrogens (primary N) is 5. The van der Waals surface area contributed by atoms with Crippen LogP contribution in [0.15, 0.2) is 0 Å². The fourth-order valence-corrected chi connectivity index (χ4v) is 3.14. The molecule has 0 aliphatic carbocycles. The molecule has 0 aliphatic rings. The Morgan fingerprint density at radius 3 is 1.12 bits per heavy atom. The second-order valence-electron chi connectivity index (χ2n) is 10.3. The van der Waals surface area contributed by atoms with Crippen molar-refractivity contribution in [1.82, 2.24) is 20.9 Å². The van der Waals surface area contributed by atoms with E-state index in [1.54, 1.807) is 0 Å². The second-order valence-corrected chi connectivity index (χ2v) is 10.3. The highest BCUT2D eigenvalue weighted by Crippen LogP contribution is 1.96. The van der Waals surface area contributed by atoms with Crippen molar-refractivity contribution >= 4 is 0 Å². The van der Waals surface area contributed by atoms with Crippen LogP contribution < -0.4 is 44.6 Å². The summed E-state index contributed by atoms with van der Waals surface area (Å²) in [5, 5.41) is 75.6. The number of rotatable bonds is 31. The number of aliphatic hydroxyl groups excluding tert-OH is 8. The number of ether oxygens (including phenoxy) is 1. The van der Waals surface area contributed by atoms with Crippen LogP contribution >= 0.6 is 0 Å². The van der Waals surface area contributed by atoms with Crippen LogP contribution in [0.3, 0.4) is 0 Å². The molecule has 0 amide bonds. The molecule has 0 fully saturated rings. The van der Waals surface area contributed by atoms with E-state index in [1.807, 2.05) is 4.90 Å². The van der Waals surface area contributed by atoms with Crippen molar-refractivity contribution in [2.45, 2.75) is 51.4 Å². The molecular formula is C32H85N9O9. The molecule has 0 saturated carbocycles. The first-order valence-corrected chi connectivity index (χ1v) is 18.2. The van der Waals surface area contributed by atoms with Gasteiger partial charge in [0, 0.05) is 91.8 Å². The Bertz CT molecular complexity index is 413. The molecular weight excluding hydrogens is 654 g/mol. The van der Waals surface area contributed by atoms with Gasteiger partial charge in [0.05, 0.1) is 46.2 Å². The fraction of sp³-hybridized carbons (Fsp3) is 1.00. The summed E-state index contributed by atoms with van der Waals surface area (Å²) in [4.78, 5) is 1.92. The predicted molar refractivity (Wildman–Crippen MR) is 205 cm³/mol. The summed E-state index contributed by atoms with van der Waals surface area (Å²) in [5.41, 5.74) is 26.1. The smallest absolute Gasteiger partial charge is 0.0698 e. The first-order chi connectivity index (χ1) is 24.4. The van der Waals surface area contributed by atoms with E-state index < -0.39 is 0 Å². The van der Waals surface area contributed by atoms with Gasteiger partial charge in [0.2, 0.25) is 0 Å². The number of unbranched alkanes of at least 4 members (excludes halogenated alkanes) is 5. The minimum Gasteiger partial charge on any atom is -0.396 e. The standard InChI is InChI=1S/C7H18N2O.C6H16N2O2.C6H15NO.C5H14N2O.C4H12N2O.C4H10O3/c8-4-6-9-5-2-1-3-7-10;7-1-2-8(3-5-9)4-6-10;7-5-3-1-2-4-6-8;6-2-4-7-3-1-5-8;5-1-2-6-3-4-7;5-1-3-7-4-2-6/h9-10H,1-8H2;9-10H,1-7H2;8H,1-7H2;7-8H,1-6H2;6-7H,1-5H2;5-6H,1-4H2. The predicted octanol–water partition coefficient (Wildman–Crippen LogP) is -5.14. The van der Waals surface area contributed by atoms with Gasteiger partial charge in [-0.2, -0.15) is 0 Å². The van der Waals surface area contributed by atoms with E-state index >= 15 is 0 Å².